The van der Waals surface area contributed by atoms with Crippen molar-refractivity contribution in [3.05, 3.63) is 36.4 Å². The standard InChI is InChI=1S/C18H16O7/c1-2-13(24-11-3-5-14-16(7-11)22-9-20-14)18(19)25-12-4-6-15-17(8-12)23-10-21-15/h3-8,13H,2,9-10H2,1H3. The molecule has 0 fully saturated rings. The number of fused-ring (bicyclic) bond motifs is 2. The molecule has 7 heteroatoms. The molecule has 0 radical (unpaired) electrons. The summed E-state index contributed by atoms with van der Waals surface area (Å²) in [4.78, 5) is 12.4. The minimum atomic E-state index is -0.745. The fourth-order valence-corrected chi connectivity index (χ4v) is 2.53. The molecule has 0 bridgehead atoms. The molecule has 25 heavy (non-hydrogen) atoms. The average molecular weight is 344 g/mol. The fraction of sp³-hybridized carbons (Fsp3) is 0.278. The molecule has 2 aromatic rings. The van der Waals surface area contributed by atoms with Crippen molar-refractivity contribution in [2.24, 2.45) is 0 Å². The van der Waals surface area contributed by atoms with E-state index in [2.05, 4.69) is 0 Å². The summed E-state index contributed by atoms with van der Waals surface area (Å²) in [6, 6.07) is 10.1. The highest BCUT2D eigenvalue weighted by atomic mass is 16.7. The number of benzene rings is 2. The highest BCUT2D eigenvalue weighted by Gasteiger charge is 2.23. The molecule has 2 heterocycles. The van der Waals surface area contributed by atoms with Crippen LogP contribution in [0.3, 0.4) is 0 Å². The van der Waals surface area contributed by atoms with Gasteiger partial charge in [0.2, 0.25) is 13.6 Å². The molecule has 1 atom stereocenters. The summed E-state index contributed by atoms with van der Waals surface area (Å²) in [7, 11) is 0. The molecule has 0 amide bonds. The summed E-state index contributed by atoms with van der Waals surface area (Å²) >= 11 is 0. The van der Waals surface area contributed by atoms with E-state index >= 15 is 0 Å². The zero-order valence-corrected chi connectivity index (χ0v) is 13.5. The maximum atomic E-state index is 12.4. The third-order valence-electron chi connectivity index (χ3n) is 3.82. The van der Waals surface area contributed by atoms with Gasteiger partial charge in [0.05, 0.1) is 0 Å². The first-order valence-electron chi connectivity index (χ1n) is 7.90. The van der Waals surface area contributed by atoms with Gasteiger partial charge in [-0.3, -0.25) is 0 Å². The van der Waals surface area contributed by atoms with Crippen molar-refractivity contribution in [1.29, 1.82) is 0 Å². The number of ether oxygens (including phenoxy) is 6. The Morgan fingerprint density at radius 2 is 1.48 bits per heavy atom. The third-order valence-corrected chi connectivity index (χ3v) is 3.82. The number of carbonyl (C=O) groups is 1. The maximum absolute atomic E-state index is 12.4. The first-order chi connectivity index (χ1) is 12.2. The molecule has 2 aromatic carbocycles. The van der Waals surface area contributed by atoms with Gasteiger partial charge in [0.1, 0.15) is 11.5 Å². The lowest BCUT2D eigenvalue weighted by Crippen LogP contribution is -2.30. The van der Waals surface area contributed by atoms with Gasteiger partial charge in [-0.05, 0) is 30.7 Å². The van der Waals surface area contributed by atoms with E-state index in [1.807, 2.05) is 6.92 Å². The van der Waals surface area contributed by atoms with Crippen LogP contribution in [-0.2, 0) is 4.79 Å². The predicted octanol–water partition coefficient (Wildman–Crippen LogP) is 2.91. The molecular formula is C18H16O7. The number of esters is 1. The Morgan fingerprint density at radius 3 is 2.12 bits per heavy atom. The van der Waals surface area contributed by atoms with Gasteiger partial charge in [0.15, 0.2) is 29.1 Å². The van der Waals surface area contributed by atoms with Crippen LogP contribution in [0.2, 0.25) is 0 Å². The van der Waals surface area contributed by atoms with Gasteiger partial charge in [-0.15, -0.1) is 0 Å². The summed E-state index contributed by atoms with van der Waals surface area (Å²) in [5.74, 6) is 2.83. The molecule has 7 nitrogen and oxygen atoms in total. The molecule has 0 aromatic heterocycles. The smallest absolute Gasteiger partial charge is 0.352 e. The Labute approximate surface area is 144 Å². The SMILES string of the molecule is CCC(Oc1ccc2c(c1)OCO2)C(=O)Oc1ccc2c(c1)OCO2. The first-order valence-corrected chi connectivity index (χ1v) is 7.90. The van der Waals surface area contributed by atoms with E-state index in [9.17, 15) is 4.79 Å². The summed E-state index contributed by atoms with van der Waals surface area (Å²) in [5, 5.41) is 0. The zero-order chi connectivity index (χ0) is 17.2. The van der Waals surface area contributed by atoms with E-state index < -0.39 is 12.1 Å². The van der Waals surface area contributed by atoms with Crippen molar-refractivity contribution < 1.29 is 33.2 Å². The van der Waals surface area contributed by atoms with Crippen molar-refractivity contribution in [3.63, 3.8) is 0 Å². The number of rotatable bonds is 5. The second kappa shape index (κ2) is 6.43. The third kappa shape index (κ3) is 3.13. The van der Waals surface area contributed by atoms with E-state index in [1.165, 1.54) is 0 Å². The largest absolute Gasteiger partial charge is 0.479 e. The van der Waals surface area contributed by atoms with E-state index in [1.54, 1.807) is 36.4 Å². The van der Waals surface area contributed by atoms with Crippen LogP contribution in [0.5, 0.6) is 34.5 Å². The molecule has 0 saturated heterocycles. The van der Waals surface area contributed by atoms with Crippen LogP contribution in [-0.4, -0.2) is 25.7 Å². The van der Waals surface area contributed by atoms with Crippen molar-refractivity contribution in [3.8, 4) is 34.5 Å². The van der Waals surface area contributed by atoms with Crippen molar-refractivity contribution in [2.45, 2.75) is 19.4 Å². The Morgan fingerprint density at radius 1 is 0.920 bits per heavy atom. The van der Waals surface area contributed by atoms with Crippen LogP contribution >= 0.6 is 0 Å². The van der Waals surface area contributed by atoms with Gasteiger partial charge in [-0.1, -0.05) is 6.92 Å². The molecule has 1 unspecified atom stereocenters. The molecule has 4 rings (SSSR count). The lowest BCUT2D eigenvalue weighted by Gasteiger charge is -2.16. The van der Waals surface area contributed by atoms with Crippen LogP contribution in [0.1, 0.15) is 13.3 Å². The molecule has 2 aliphatic heterocycles. The summed E-state index contributed by atoms with van der Waals surface area (Å²) in [6.45, 7) is 2.19. The van der Waals surface area contributed by atoms with Crippen LogP contribution in [0.25, 0.3) is 0 Å². The molecule has 0 N–H and O–H groups in total. The summed E-state index contributed by atoms with van der Waals surface area (Å²) in [6.07, 6.45) is -0.288. The number of carbonyl (C=O) groups excluding carboxylic acids is 1. The highest BCUT2D eigenvalue weighted by Crippen LogP contribution is 2.36. The molecule has 0 aliphatic carbocycles. The number of hydrogen-bond donors (Lipinski definition) is 0. The van der Waals surface area contributed by atoms with Gasteiger partial charge < -0.3 is 28.4 Å². The average Bonchev–Trinajstić information content (AvgIpc) is 3.27. The Kier molecular flexibility index (Phi) is 3.97. The second-order valence-corrected chi connectivity index (χ2v) is 5.47. The molecule has 2 aliphatic rings. The van der Waals surface area contributed by atoms with Gasteiger partial charge in [-0.2, -0.15) is 0 Å². The van der Waals surface area contributed by atoms with E-state index in [-0.39, 0.29) is 13.6 Å². The van der Waals surface area contributed by atoms with E-state index in [4.69, 9.17) is 28.4 Å². The van der Waals surface area contributed by atoms with E-state index in [0.29, 0.717) is 40.9 Å². The Balaban J connectivity index is 1.44. The summed E-state index contributed by atoms with van der Waals surface area (Å²) < 4.78 is 32.2. The lowest BCUT2D eigenvalue weighted by molar-refractivity contribution is -0.142. The van der Waals surface area contributed by atoms with Gasteiger partial charge in [0.25, 0.3) is 0 Å². The highest BCUT2D eigenvalue weighted by molar-refractivity contribution is 5.78. The Bertz CT molecular complexity index is 802. The van der Waals surface area contributed by atoms with Crippen LogP contribution in [0.15, 0.2) is 36.4 Å². The van der Waals surface area contributed by atoms with Gasteiger partial charge in [-0.25, -0.2) is 4.79 Å². The van der Waals surface area contributed by atoms with Gasteiger partial charge in [0, 0.05) is 12.1 Å². The van der Waals surface area contributed by atoms with Crippen molar-refractivity contribution in [2.75, 3.05) is 13.6 Å². The molecular weight excluding hydrogens is 328 g/mol. The summed E-state index contributed by atoms with van der Waals surface area (Å²) in [5.41, 5.74) is 0. The maximum Gasteiger partial charge on any atom is 0.352 e. The quantitative estimate of drug-likeness (QED) is 0.610. The monoisotopic (exact) mass is 344 g/mol. The predicted molar refractivity (Wildman–Crippen MR) is 85.5 cm³/mol. The van der Waals surface area contributed by atoms with Crippen LogP contribution in [0, 0.1) is 0 Å². The van der Waals surface area contributed by atoms with Crippen LogP contribution in [0.4, 0.5) is 0 Å². The number of hydrogen-bond acceptors (Lipinski definition) is 7. The normalized spacial score (nSPS) is 14.9. The lowest BCUT2D eigenvalue weighted by atomic mass is 10.2. The van der Waals surface area contributed by atoms with Crippen molar-refractivity contribution >= 4 is 5.97 Å². The molecule has 130 valence electrons. The minimum Gasteiger partial charge on any atom is -0.479 e. The molecule has 0 saturated carbocycles. The Hall–Kier alpha value is -3.09. The minimum absolute atomic E-state index is 0.164. The first kappa shape index (κ1) is 15.4. The fourth-order valence-electron chi connectivity index (χ4n) is 2.53. The van der Waals surface area contributed by atoms with Crippen molar-refractivity contribution in [1.82, 2.24) is 0 Å². The second-order valence-electron chi connectivity index (χ2n) is 5.47. The van der Waals surface area contributed by atoms with Gasteiger partial charge >= 0.3 is 5.97 Å². The zero-order valence-electron chi connectivity index (χ0n) is 13.5. The molecule has 0 spiro atoms. The topological polar surface area (TPSA) is 72.5 Å². The van der Waals surface area contributed by atoms with Crippen LogP contribution < -0.4 is 28.4 Å². The van der Waals surface area contributed by atoms with E-state index in [0.717, 1.165) is 0 Å².